The molecule has 1 rings (SSSR count). The summed E-state index contributed by atoms with van der Waals surface area (Å²) in [5.74, 6) is 0.560. The summed E-state index contributed by atoms with van der Waals surface area (Å²) in [4.78, 5) is 9.71. The largest absolute Gasteiger partial charge is 0.337 e. The molecular weight excluding hydrogens is 306 g/mol. The first kappa shape index (κ1) is 14.8. The SMILES string of the molecule is CCOP(O)(=S)SCc1ccc(Cl)c(Cl)c1. The van der Waals surface area contributed by atoms with Crippen LogP contribution >= 0.6 is 40.3 Å². The van der Waals surface area contributed by atoms with E-state index in [2.05, 4.69) is 0 Å². The fraction of sp³-hybridized carbons (Fsp3) is 0.333. The number of rotatable bonds is 5. The van der Waals surface area contributed by atoms with Gasteiger partial charge in [0.1, 0.15) is 0 Å². The lowest BCUT2D eigenvalue weighted by molar-refractivity contribution is 0.340. The van der Waals surface area contributed by atoms with Crippen LogP contribution in [0.25, 0.3) is 0 Å². The second kappa shape index (κ2) is 6.60. The van der Waals surface area contributed by atoms with E-state index >= 15 is 0 Å². The van der Waals surface area contributed by atoms with E-state index in [4.69, 9.17) is 39.5 Å². The van der Waals surface area contributed by atoms with E-state index in [-0.39, 0.29) is 0 Å². The van der Waals surface area contributed by atoms with Crippen LogP contribution in [0.1, 0.15) is 12.5 Å². The summed E-state index contributed by atoms with van der Waals surface area (Å²) >= 11 is 17.8. The third-order valence-corrected chi connectivity index (χ3v) is 6.73. The molecule has 1 N–H and O–H groups in total. The maximum atomic E-state index is 9.71. The summed E-state index contributed by atoms with van der Waals surface area (Å²) in [6, 6.07) is 5.34. The average Bonchev–Trinajstić information content (AvgIpc) is 2.20. The summed E-state index contributed by atoms with van der Waals surface area (Å²) in [7, 11) is 0. The van der Waals surface area contributed by atoms with Gasteiger partial charge in [-0.1, -0.05) is 40.6 Å². The molecule has 1 atom stereocenters. The fourth-order valence-electron chi connectivity index (χ4n) is 0.986. The predicted octanol–water partition coefficient (Wildman–Crippen LogP) is 4.48. The van der Waals surface area contributed by atoms with Crippen LogP contribution in [-0.4, -0.2) is 11.5 Å². The van der Waals surface area contributed by atoms with Gasteiger partial charge in [-0.05, 0) is 36.4 Å². The Labute approximate surface area is 114 Å². The Morgan fingerprint density at radius 1 is 1.44 bits per heavy atom. The van der Waals surface area contributed by atoms with Gasteiger partial charge in [0.05, 0.1) is 16.7 Å². The molecule has 7 heteroatoms. The first-order valence-electron chi connectivity index (χ1n) is 4.50. The summed E-state index contributed by atoms with van der Waals surface area (Å²) in [5, 5.41) is 1.02. The molecule has 0 spiro atoms. The summed E-state index contributed by atoms with van der Waals surface area (Å²) < 4.78 is 5.09. The van der Waals surface area contributed by atoms with Gasteiger partial charge in [-0.15, -0.1) is 0 Å². The molecule has 0 aliphatic rings. The van der Waals surface area contributed by atoms with Gasteiger partial charge in [0.15, 0.2) is 0 Å². The number of hydrogen-bond acceptors (Lipinski definition) is 3. The van der Waals surface area contributed by atoms with Gasteiger partial charge in [0.25, 0.3) is 0 Å². The standard InChI is InChI=1S/C9H11Cl2O2PS2/c1-2-13-14(12,15)16-6-7-3-4-8(10)9(11)5-7/h3-5H,2,6H2,1H3,(H,12,15). The predicted molar refractivity (Wildman–Crippen MR) is 75.9 cm³/mol. The summed E-state index contributed by atoms with van der Waals surface area (Å²) in [5.41, 5.74) is -1.75. The molecule has 0 saturated heterocycles. The fourth-order valence-corrected chi connectivity index (χ4v) is 4.47. The molecule has 0 heterocycles. The summed E-state index contributed by atoms with van der Waals surface area (Å²) in [6.07, 6.45) is 0. The van der Waals surface area contributed by atoms with E-state index in [1.54, 1.807) is 19.1 Å². The zero-order valence-electron chi connectivity index (χ0n) is 8.52. The van der Waals surface area contributed by atoms with Crippen molar-refractivity contribution in [2.75, 3.05) is 6.61 Å². The van der Waals surface area contributed by atoms with Crippen LogP contribution in [0.2, 0.25) is 10.0 Å². The zero-order chi connectivity index (χ0) is 12.2. The molecule has 0 radical (unpaired) electrons. The quantitative estimate of drug-likeness (QED) is 0.811. The number of hydrogen-bond donors (Lipinski definition) is 1. The molecule has 0 aliphatic heterocycles. The highest BCUT2D eigenvalue weighted by Gasteiger charge is 2.13. The lowest BCUT2D eigenvalue weighted by Gasteiger charge is -2.13. The highest BCUT2D eigenvalue weighted by atomic mass is 35.5. The number of benzene rings is 1. The van der Waals surface area contributed by atoms with Gasteiger partial charge >= 0.3 is 0 Å². The minimum absolute atomic E-state index is 0.419. The van der Waals surface area contributed by atoms with Gasteiger partial charge in [-0.2, -0.15) is 0 Å². The first-order valence-corrected chi connectivity index (χ1v) is 9.52. The molecule has 1 aromatic rings. The molecule has 0 amide bonds. The van der Waals surface area contributed by atoms with Crippen LogP contribution in [0.3, 0.4) is 0 Å². The molecule has 90 valence electrons. The molecule has 0 bridgehead atoms. The topological polar surface area (TPSA) is 29.5 Å². The monoisotopic (exact) mass is 316 g/mol. The van der Waals surface area contributed by atoms with Gasteiger partial charge in [0.2, 0.25) is 5.69 Å². The van der Waals surface area contributed by atoms with E-state index in [9.17, 15) is 4.89 Å². The highest BCUT2D eigenvalue weighted by molar-refractivity contribution is 8.67. The highest BCUT2D eigenvalue weighted by Crippen LogP contribution is 2.57. The van der Waals surface area contributed by atoms with Gasteiger partial charge < -0.3 is 9.42 Å². The van der Waals surface area contributed by atoms with E-state index in [0.717, 1.165) is 5.56 Å². The first-order chi connectivity index (χ1) is 7.44. The molecular formula is C9H11Cl2O2PS2. The Bertz CT molecular complexity index is 414. The third kappa shape index (κ3) is 4.92. The van der Waals surface area contributed by atoms with Crippen LogP contribution in [-0.2, 0) is 22.1 Å². The van der Waals surface area contributed by atoms with Crippen molar-refractivity contribution in [3.05, 3.63) is 33.8 Å². The van der Waals surface area contributed by atoms with Crippen molar-refractivity contribution >= 4 is 52.1 Å². The number of halogens is 2. The van der Waals surface area contributed by atoms with Crippen LogP contribution < -0.4 is 0 Å². The molecule has 1 aromatic carbocycles. The van der Waals surface area contributed by atoms with Crippen molar-refractivity contribution < 1.29 is 9.42 Å². The Kier molecular flexibility index (Phi) is 6.10. The Morgan fingerprint density at radius 3 is 2.69 bits per heavy atom. The zero-order valence-corrected chi connectivity index (χ0v) is 12.6. The normalized spacial score (nSPS) is 14.8. The second-order valence-corrected chi connectivity index (χ2v) is 9.90. The van der Waals surface area contributed by atoms with Gasteiger partial charge in [0, 0.05) is 5.75 Å². The molecule has 16 heavy (non-hydrogen) atoms. The molecule has 2 nitrogen and oxygen atoms in total. The van der Waals surface area contributed by atoms with Crippen molar-refractivity contribution in [2.45, 2.75) is 12.7 Å². The third-order valence-electron chi connectivity index (χ3n) is 1.67. The van der Waals surface area contributed by atoms with Crippen molar-refractivity contribution in [3.8, 4) is 0 Å². The molecule has 0 aliphatic carbocycles. The van der Waals surface area contributed by atoms with Crippen LogP contribution in [0.4, 0.5) is 0 Å². The van der Waals surface area contributed by atoms with E-state index < -0.39 is 5.69 Å². The van der Waals surface area contributed by atoms with Crippen molar-refractivity contribution in [1.82, 2.24) is 0 Å². The van der Waals surface area contributed by atoms with Gasteiger partial charge in [-0.3, -0.25) is 0 Å². The van der Waals surface area contributed by atoms with E-state index in [1.165, 1.54) is 11.4 Å². The van der Waals surface area contributed by atoms with Crippen molar-refractivity contribution in [1.29, 1.82) is 0 Å². The lowest BCUT2D eigenvalue weighted by Crippen LogP contribution is -1.86. The minimum atomic E-state index is -2.71. The Balaban J connectivity index is 2.61. The second-order valence-electron chi connectivity index (χ2n) is 2.91. The summed E-state index contributed by atoms with van der Waals surface area (Å²) in [6.45, 7) is 2.22. The van der Waals surface area contributed by atoms with Crippen LogP contribution in [0, 0.1) is 0 Å². The maximum Gasteiger partial charge on any atom is 0.245 e. The van der Waals surface area contributed by atoms with Crippen molar-refractivity contribution in [2.24, 2.45) is 0 Å². The van der Waals surface area contributed by atoms with E-state index in [0.29, 0.717) is 22.4 Å². The molecule has 0 fully saturated rings. The van der Waals surface area contributed by atoms with E-state index in [1.807, 2.05) is 6.07 Å². The van der Waals surface area contributed by atoms with Crippen LogP contribution in [0.5, 0.6) is 0 Å². The molecule has 0 aromatic heterocycles. The maximum absolute atomic E-state index is 9.71. The average molecular weight is 317 g/mol. The van der Waals surface area contributed by atoms with Crippen LogP contribution in [0.15, 0.2) is 18.2 Å². The lowest BCUT2D eigenvalue weighted by atomic mass is 10.2. The Hall–Kier alpha value is 0.720. The minimum Gasteiger partial charge on any atom is -0.337 e. The van der Waals surface area contributed by atoms with Gasteiger partial charge in [-0.25, -0.2) is 0 Å². The molecule has 1 unspecified atom stereocenters. The smallest absolute Gasteiger partial charge is 0.245 e. The molecule has 0 saturated carbocycles. The Morgan fingerprint density at radius 2 is 2.12 bits per heavy atom. The van der Waals surface area contributed by atoms with Crippen molar-refractivity contribution in [3.63, 3.8) is 0 Å².